The molecule has 0 aromatic rings. The molecular formula is C9H21F2N. The molecular weight excluding hydrogens is 160 g/mol. The second-order valence-electron chi connectivity index (χ2n) is 2.34. The molecule has 0 saturated carbocycles. The van der Waals surface area contributed by atoms with Crippen molar-refractivity contribution in [3.8, 4) is 0 Å². The van der Waals surface area contributed by atoms with Crippen molar-refractivity contribution >= 4 is 0 Å². The minimum absolute atomic E-state index is 0.0312. The van der Waals surface area contributed by atoms with Crippen molar-refractivity contribution in [3.05, 3.63) is 0 Å². The first kappa shape index (κ1) is 14.3. The zero-order valence-corrected chi connectivity index (χ0v) is 8.82. The van der Waals surface area contributed by atoms with Crippen LogP contribution in [-0.4, -0.2) is 31.0 Å². The highest BCUT2D eigenvalue weighted by Gasteiger charge is 2.35. The van der Waals surface area contributed by atoms with E-state index in [0.717, 1.165) is 0 Å². The molecule has 0 amide bonds. The summed E-state index contributed by atoms with van der Waals surface area (Å²) in [5, 5.41) is 0. The standard InChI is InChI=1S/C5H9F2N.2C2H6/c1-8-3-2-5(6,7)4-8;2*1-2/h2-4H2,1H3;2*1-2H3. The van der Waals surface area contributed by atoms with Gasteiger partial charge in [0.2, 0.25) is 0 Å². The fourth-order valence-corrected chi connectivity index (χ4v) is 0.907. The molecule has 1 heterocycles. The van der Waals surface area contributed by atoms with Gasteiger partial charge in [-0.15, -0.1) is 0 Å². The summed E-state index contributed by atoms with van der Waals surface area (Å²) in [6.45, 7) is 8.47. The molecule has 1 aliphatic rings. The maximum atomic E-state index is 12.2. The molecule has 0 aromatic heterocycles. The van der Waals surface area contributed by atoms with Crippen molar-refractivity contribution in [1.29, 1.82) is 0 Å². The molecule has 0 aromatic carbocycles. The highest BCUT2D eigenvalue weighted by atomic mass is 19.3. The van der Waals surface area contributed by atoms with Crippen LogP contribution in [0.3, 0.4) is 0 Å². The number of nitrogens with zero attached hydrogens (tertiary/aromatic N) is 1. The van der Waals surface area contributed by atoms with E-state index in [1.54, 1.807) is 11.9 Å². The van der Waals surface area contributed by atoms with E-state index in [2.05, 4.69) is 0 Å². The lowest BCUT2D eigenvalue weighted by Crippen LogP contribution is -2.21. The lowest BCUT2D eigenvalue weighted by molar-refractivity contribution is 0.0146. The minimum Gasteiger partial charge on any atom is -0.300 e. The number of alkyl halides is 2. The molecule has 1 fully saturated rings. The zero-order valence-electron chi connectivity index (χ0n) is 8.82. The monoisotopic (exact) mass is 181 g/mol. The van der Waals surface area contributed by atoms with Crippen molar-refractivity contribution in [2.24, 2.45) is 0 Å². The quantitative estimate of drug-likeness (QED) is 0.555. The van der Waals surface area contributed by atoms with E-state index in [0.29, 0.717) is 6.54 Å². The average Bonchev–Trinajstić information content (AvgIpc) is 2.37. The predicted molar refractivity (Wildman–Crippen MR) is 49.8 cm³/mol. The fraction of sp³-hybridized carbons (Fsp3) is 1.00. The van der Waals surface area contributed by atoms with Crippen LogP contribution < -0.4 is 0 Å². The van der Waals surface area contributed by atoms with Gasteiger partial charge in [0.15, 0.2) is 0 Å². The molecule has 12 heavy (non-hydrogen) atoms. The molecule has 1 nitrogen and oxygen atoms in total. The van der Waals surface area contributed by atoms with Gasteiger partial charge >= 0.3 is 0 Å². The molecule has 0 atom stereocenters. The van der Waals surface area contributed by atoms with Gasteiger partial charge in [-0.25, -0.2) is 8.78 Å². The maximum absolute atomic E-state index is 12.2. The van der Waals surface area contributed by atoms with Gasteiger partial charge in [-0.2, -0.15) is 0 Å². The summed E-state index contributed by atoms with van der Waals surface area (Å²) < 4.78 is 24.3. The Kier molecular flexibility index (Phi) is 8.93. The summed E-state index contributed by atoms with van der Waals surface area (Å²) in [6.07, 6.45) is 0.0312. The predicted octanol–water partition coefficient (Wildman–Crippen LogP) is 3.01. The van der Waals surface area contributed by atoms with Crippen molar-refractivity contribution < 1.29 is 8.78 Å². The topological polar surface area (TPSA) is 3.24 Å². The third-order valence-electron chi connectivity index (χ3n) is 1.36. The minimum atomic E-state index is -2.41. The molecule has 1 saturated heterocycles. The average molecular weight is 181 g/mol. The molecule has 3 heteroatoms. The van der Waals surface area contributed by atoms with Crippen molar-refractivity contribution in [2.45, 2.75) is 40.0 Å². The summed E-state index contributed by atoms with van der Waals surface area (Å²) in [5.41, 5.74) is 0. The Bertz CT molecular complexity index is 94.5. The summed E-state index contributed by atoms with van der Waals surface area (Å²) in [7, 11) is 1.71. The number of halogens is 2. The SMILES string of the molecule is CC.CC.CN1CCC(F)(F)C1. The number of likely N-dealkylation sites (tertiary alicyclic amines) is 1. The van der Waals surface area contributed by atoms with Crippen LogP contribution in [0, 0.1) is 0 Å². The van der Waals surface area contributed by atoms with Gasteiger partial charge in [0.1, 0.15) is 0 Å². The van der Waals surface area contributed by atoms with Crippen LogP contribution in [-0.2, 0) is 0 Å². The van der Waals surface area contributed by atoms with Crippen LogP contribution in [0.5, 0.6) is 0 Å². The molecule has 0 N–H and O–H groups in total. The Labute approximate surface area is 74.8 Å². The van der Waals surface area contributed by atoms with Crippen molar-refractivity contribution in [1.82, 2.24) is 4.90 Å². The van der Waals surface area contributed by atoms with Gasteiger partial charge in [-0.1, -0.05) is 27.7 Å². The van der Waals surface area contributed by atoms with Crippen LogP contribution in [0.1, 0.15) is 34.1 Å². The second kappa shape index (κ2) is 7.47. The zero-order chi connectivity index (χ0) is 10.2. The van der Waals surface area contributed by atoms with Gasteiger partial charge in [0, 0.05) is 13.0 Å². The second-order valence-corrected chi connectivity index (χ2v) is 2.34. The van der Waals surface area contributed by atoms with Gasteiger partial charge < -0.3 is 4.90 Å². The van der Waals surface area contributed by atoms with Crippen molar-refractivity contribution in [2.75, 3.05) is 20.1 Å². The molecule has 0 bridgehead atoms. The van der Waals surface area contributed by atoms with E-state index in [1.165, 1.54) is 0 Å². The molecule has 1 aliphatic heterocycles. The van der Waals surface area contributed by atoms with E-state index in [9.17, 15) is 8.78 Å². The van der Waals surface area contributed by atoms with Gasteiger partial charge in [-0.3, -0.25) is 0 Å². The smallest absolute Gasteiger partial charge is 0.261 e. The normalized spacial score (nSPS) is 20.2. The van der Waals surface area contributed by atoms with Crippen LogP contribution >= 0.6 is 0 Å². The number of rotatable bonds is 0. The van der Waals surface area contributed by atoms with Crippen LogP contribution in [0.25, 0.3) is 0 Å². The highest BCUT2D eigenvalue weighted by Crippen LogP contribution is 2.24. The third kappa shape index (κ3) is 6.53. The van der Waals surface area contributed by atoms with Crippen LogP contribution in [0.4, 0.5) is 8.78 Å². The molecule has 0 radical (unpaired) electrons. The Morgan fingerprint density at radius 1 is 1.08 bits per heavy atom. The van der Waals surface area contributed by atoms with E-state index < -0.39 is 5.92 Å². The largest absolute Gasteiger partial charge is 0.300 e. The summed E-state index contributed by atoms with van der Waals surface area (Å²) in [6, 6.07) is 0. The lowest BCUT2D eigenvalue weighted by atomic mass is 10.3. The molecule has 1 rings (SSSR count). The van der Waals surface area contributed by atoms with E-state index in [1.807, 2.05) is 27.7 Å². The number of hydrogen-bond acceptors (Lipinski definition) is 1. The van der Waals surface area contributed by atoms with E-state index in [-0.39, 0.29) is 13.0 Å². The van der Waals surface area contributed by atoms with E-state index in [4.69, 9.17) is 0 Å². The summed E-state index contributed by atoms with van der Waals surface area (Å²) >= 11 is 0. The summed E-state index contributed by atoms with van der Waals surface area (Å²) in [5.74, 6) is -2.41. The first-order valence-corrected chi connectivity index (χ1v) is 4.66. The van der Waals surface area contributed by atoms with Crippen LogP contribution in [0.15, 0.2) is 0 Å². The molecule has 76 valence electrons. The Morgan fingerprint density at radius 3 is 1.58 bits per heavy atom. The maximum Gasteiger partial charge on any atom is 0.261 e. The highest BCUT2D eigenvalue weighted by molar-refractivity contribution is 4.78. The lowest BCUT2D eigenvalue weighted by Gasteiger charge is -2.06. The van der Waals surface area contributed by atoms with Gasteiger partial charge in [-0.05, 0) is 7.05 Å². The van der Waals surface area contributed by atoms with Crippen molar-refractivity contribution in [3.63, 3.8) is 0 Å². The molecule has 0 unspecified atom stereocenters. The summed E-state index contributed by atoms with van der Waals surface area (Å²) in [4.78, 5) is 1.64. The Hall–Kier alpha value is -0.180. The fourth-order valence-electron chi connectivity index (χ4n) is 0.907. The van der Waals surface area contributed by atoms with Gasteiger partial charge in [0.25, 0.3) is 5.92 Å². The van der Waals surface area contributed by atoms with Gasteiger partial charge in [0.05, 0.1) is 6.54 Å². The Balaban J connectivity index is 0. The first-order chi connectivity index (χ1) is 5.60. The molecule has 0 aliphatic carbocycles. The first-order valence-electron chi connectivity index (χ1n) is 4.66. The molecule has 0 spiro atoms. The number of hydrogen-bond donors (Lipinski definition) is 0. The Morgan fingerprint density at radius 2 is 1.50 bits per heavy atom. The van der Waals surface area contributed by atoms with Crippen LogP contribution in [0.2, 0.25) is 0 Å². The van der Waals surface area contributed by atoms with E-state index >= 15 is 0 Å². The third-order valence-corrected chi connectivity index (χ3v) is 1.36.